The molecule has 0 fully saturated rings. The Morgan fingerprint density at radius 2 is 2.18 bits per heavy atom. The molecule has 0 aromatic heterocycles. The summed E-state index contributed by atoms with van der Waals surface area (Å²) in [6.07, 6.45) is 1.82. The van der Waals surface area contributed by atoms with Crippen molar-refractivity contribution < 1.29 is 9.50 Å². The number of halogens is 2. The zero-order valence-corrected chi connectivity index (χ0v) is 8.17. The summed E-state index contributed by atoms with van der Waals surface area (Å²) < 4.78 is 13.1. The number of thioether (sulfide) groups is 1. The van der Waals surface area contributed by atoms with Crippen molar-refractivity contribution in [2.75, 3.05) is 6.26 Å². The molecule has 0 unspecified atom stereocenters. The van der Waals surface area contributed by atoms with E-state index in [-0.39, 0.29) is 5.75 Å². The molecule has 0 spiro atoms. The average molecular weight is 237 g/mol. The molecule has 4 heteroatoms. The maximum absolute atomic E-state index is 12.5. The van der Waals surface area contributed by atoms with E-state index in [4.69, 9.17) is 0 Å². The Labute approximate surface area is 76.7 Å². The highest BCUT2D eigenvalue weighted by molar-refractivity contribution is 9.10. The maximum atomic E-state index is 12.5. The van der Waals surface area contributed by atoms with E-state index in [0.717, 1.165) is 6.07 Å². The number of benzene rings is 1. The minimum absolute atomic E-state index is 0.0237. The summed E-state index contributed by atoms with van der Waals surface area (Å²) in [6, 6.07) is 2.42. The third-order valence-corrected chi connectivity index (χ3v) is 2.92. The molecule has 0 radical (unpaired) electrons. The highest BCUT2D eigenvalue weighted by Gasteiger charge is 2.06. The van der Waals surface area contributed by atoms with Crippen molar-refractivity contribution in [2.24, 2.45) is 0 Å². The molecule has 0 bridgehead atoms. The third kappa shape index (κ3) is 1.87. The first-order valence-electron chi connectivity index (χ1n) is 2.87. The van der Waals surface area contributed by atoms with Crippen LogP contribution >= 0.6 is 27.7 Å². The summed E-state index contributed by atoms with van der Waals surface area (Å²) >= 11 is 4.50. The van der Waals surface area contributed by atoms with Gasteiger partial charge in [0.05, 0.1) is 4.90 Å². The molecule has 0 amide bonds. The predicted molar refractivity (Wildman–Crippen MR) is 47.5 cm³/mol. The molecule has 0 saturated heterocycles. The number of rotatable bonds is 1. The van der Waals surface area contributed by atoms with Crippen LogP contribution in [0.1, 0.15) is 0 Å². The molecule has 0 saturated carbocycles. The number of phenols is 1. The van der Waals surface area contributed by atoms with Gasteiger partial charge in [-0.15, -0.1) is 11.8 Å². The first kappa shape index (κ1) is 8.87. The van der Waals surface area contributed by atoms with Gasteiger partial charge in [-0.3, -0.25) is 0 Å². The van der Waals surface area contributed by atoms with Gasteiger partial charge < -0.3 is 5.11 Å². The van der Waals surface area contributed by atoms with Crippen LogP contribution in [0.5, 0.6) is 5.75 Å². The lowest BCUT2D eigenvalue weighted by molar-refractivity contribution is 0.455. The lowest BCUT2D eigenvalue weighted by atomic mass is 10.3. The van der Waals surface area contributed by atoms with E-state index in [2.05, 4.69) is 15.9 Å². The van der Waals surface area contributed by atoms with Gasteiger partial charge in [0.2, 0.25) is 0 Å². The second-order valence-corrected chi connectivity index (χ2v) is 3.61. The maximum Gasteiger partial charge on any atom is 0.133 e. The van der Waals surface area contributed by atoms with Crippen molar-refractivity contribution in [1.29, 1.82) is 0 Å². The Bertz CT molecular complexity index is 254. The summed E-state index contributed by atoms with van der Waals surface area (Å²) in [5, 5.41) is 9.18. The summed E-state index contributed by atoms with van der Waals surface area (Å²) in [6.45, 7) is 0. The second-order valence-electron chi connectivity index (χ2n) is 1.94. The van der Waals surface area contributed by atoms with E-state index in [1.54, 1.807) is 0 Å². The Kier molecular flexibility index (Phi) is 2.78. The minimum atomic E-state index is -0.438. The van der Waals surface area contributed by atoms with Gasteiger partial charge in [-0.1, -0.05) is 0 Å². The lowest BCUT2D eigenvalue weighted by Crippen LogP contribution is -1.79. The molecule has 1 rings (SSSR count). The average Bonchev–Trinajstić information content (AvgIpc) is 1.85. The molecule has 1 N–H and O–H groups in total. The van der Waals surface area contributed by atoms with Gasteiger partial charge >= 0.3 is 0 Å². The molecule has 11 heavy (non-hydrogen) atoms. The number of hydrogen-bond donors (Lipinski definition) is 1. The van der Waals surface area contributed by atoms with Gasteiger partial charge in [0.1, 0.15) is 11.6 Å². The first-order valence-corrected chi connectivity index (χ1v) is 4.89. The SMILES string of the molecule is CSc1c(O)cc(F)cc1Br. The lowest BCUT2D eigenvalue weighted by Gasteiger charge is -2.02. The fourth-order valence-corrected chi connectivity index (χ4v) is 2.18. The largest absolute Gasteiger partial charge is 0.507 e. The van der Waals surface area contributed by atoms with Crippen LogP contribution in [0, 0.1) is 5.82 Å². The van der Waals surface area contributed by atoms with Crippen LogP contribution in [0.15, 0.2) is 21.5 Å². The zero-order valence-electron chi connectivity index (χ0n) is 5.77. The Morgan fingerprint density at radius 3 is 2.64 bits per heavy atom. The van der Waals surface area contributed by atoms with Crippen LogP contribution in [-0.2, 0) is 0 Å². The van der Waals surface area contributed by atoms with E-state index >= 15 is 0 Å². The van der Waals surface area contributed by atoms with Crippen LogP contribution in [0.3, 0.4) is 0 Å². The standard InChI is InChI=1S/C7H6BrFOS/c1-11-7-5(8)2-4(9)3-6(7)10/h2-3,10H,1H3. The Hall–Kier alpha value is -0.220. The molecule has 1 aromatic carbocycles. The zero-order chi connectivity index (χ0) is 8.43. The van der Waals surface area contributed by atoms with Crippen LogP contribution in [-0.4, -0.2) is 11.4 Å². The van der Waals surface area contributed by atoms with Crippen molar-refractivity contribution in [2.45, 2.75) is 4.90 Å². The molecule has 0 aliphatic heterocycles. The molecule has 1 aromatic rings. The van der Waals surface area contributed by atoms with E-state index in [9.17, 15) is 9.50 Å². The summed E-state index contributed by atoms with van der Waals surface area (Å²) in [4.78, 5) is 0.659. The highest BCUT2D eigenvalue weighted by Crippen LogP contribution is 2.34. The van der Waals surface area contributed by atoms with Gasteiger partial charge in [-0.2, -0.15) is 0 Å². The quantitative estimate of drug-likeness (QED) is 0.757. The number of hydrogen-bond acceptors (Lipinski definition) is 2. The summed E-state index contributed by atoms with van der Waals surface area (Å²) in [7, 11) is 0. The van der Waals surface area contributed by atoms with Crippen LogP contribution in [0.4, 0.5) is 4.39 Å². The van der Waals surface area contributed by atoms with Crippen molar-refractivity contribution in [3.05, 3.63) is 22.4 Å². The first-order chi connectivity index (χ1) is 5.15. The van der Waals surface area contributed by atoms with Gasteiger partial charge in [-0.25, -0.2) is 4.39 Å². The highest BCUT2D eigenvalue weighted by atomic mass is 79.9. The fourth-order valence-electron chi connectivity index (χ4n) is 0.749. The topological polar surface area (TPSA) is 20.2 Å². The summed E-state index contributed by atoms with van der Waals surface area (Å²) in [5.74, 6) is -0.462. The second kappa shape index (κ2) is 3.45. The predicted octanol–water partition coefficient (Wildman–Crippen LogP) is 3.02. The molecular weight excluding hydrogens is 231 g/mol. The van der Waals surface area contributed by atoms with Gasteiger partial charge in [-0.05, 0) is 28.3 Å². The third-order valence-electron chi connectivity index (χ3n) is 1.19. The molecule has 0 aliphatic rings. The molecule has 0 heterocycles. The summed E-state index contributed by atoms with van der Waals surface area (Å²) in [5.41, 5.74) is 0. The number of phenolic OH excluding ortho intramolecular Hbond substituents is 1. The fraction of sp³-hybridized carbons (Fsp3) is 0.143. The van der Waals surface area contributed by atoms with E-state index in [1.807, 2.05) is 6.26 Å². The monoisotopic (exact) mass is 236 g/mol. The van der Waals surface area contributed by atoms with Crippen molar-refractivity contribution in [3.63, 3.8) is 0 Å². The minimum Gasteiger partial charge on any atom is -0.507 e. The van der Waals surface area contributed by atoms with E-state index < -0.39 is 5.82 Å². The number of aromatic hydroxyl groups is 1. The molecule has 60 valence electrons. The van der Waals surface area contributed by atoms with Gasteiger partial charge in [0.25, 0.3) is 0 Å². The van der Waals surface area contributed by atoms with E-state index in [1.165, 1.54) is 17.8 Å². The van der Waals surface area contributed by atoms with E-state index in [0.29, 0.717) is 9.37 Å². The molecule has 1 nitrogen and oxygen atoms in total. The molecular formula is C7H6BrFOS. The Morgan fingerprint density at radius 1 is 1.55 bits per heavy atom. The molecule has 0 aliphatic carbocycles. The van der Waals surface area contributed by atoms with Gasteiger partial charge in [0.15, 0.2) is 0 Å². The van der Waals surface area contributed by atoms with Crippen LogP contribution in [0.25, 0.3) is 0 Å². The molecule has 0 atom stereocenters. The normalized spacial score (nSPS) is 10.1. The Balaban J connectivity index is 3.25. The van der Waals surface area contributed by atoms with Crippen molar-refractivity contribution in [3.8, 4) is 5.75 Å². The van der Waals surface area contributed by atoms with Crippen LogP contribution < -0.4 is 0 Å². The van der Waals surface area contributed by atoms with Crippen molar-refractivity contribution >= 4 is 27.7 Å². The smallest absolute Gasteiger partial charge is 0.133 e. The van der Waals surface area contributed by atoms with Crippen molar-refractivity contribution in [1.82, 2.24) is 0 Å². The van der Waals surface area contributed by atoms with Crippen LogP contribution in [0.2, 0.25) is 0 Å². The van der Waals surface area contributed by atoms with Gasteiger partial charge in [0, 0.05) is 10.5 Å².